The Morgan fingerprint density at radius 1 is 1.43 bits per heavy atom. The molecule has 7 heteroatoms. The molecule has 23 heavy (non-hydrogen) atoms. The minimum absolute atomic E-state index is 0.157. The number of carbonyl (C=O) groups excluding carboxylic acids is 1. The lowest BCUT2D eigenvalue weighted by Gasteiger charge is -2.20. The smallest absolute Gasteiger partial charge is 0.258 e. The van der Waals surface area contributed by atoms with Crippen molar-refractivity contribution in [3.05, 3.63) is 34.8 Å². The van der Waals surface area contributed by atoms with Crippen molar-refractivity contribution in [1.82, 2.24) is 10.2 Å². The molecule has 0 saturated carbocycles. The molecule has 0 aliphatic carbocycles. The highest BCUT2D eigenvalue weighted by Crippen LogP contribution is 2.28. The van der Waals surface area contributed by atoms with Gasteiger partial charge in [0.1, 0.15) is 16.4 Å². The van der Waals surface area contributed by atoms with Gasteiger partial charge in [-0.1, -0.05) is 29.5 Å². The Bertz CT molecular complexity index is 695. The third-order valence-electron chi connectivity index (χ3n) is 3.92. The van der Waals surface area contributed by atoms with Crippen LogP contribution in [-0.4, -0.2) is 35.4 Å². The number of nitrogens with zero attached hydrogens (tertiary/aromatic N) is 2. The maximum absolute atomic E-state index is 12.3. The average molecular weight is 333 g/mol. The van der Waals surface area contributed by atoms with Gasteiger partial charge in [-0.3, -0.25) is 10.1 Å². The van der Waals surface area contributed by atoms with Crippen molar-refractivity contribution in [1.29, 1.82) is 0 Å². The van der Waals surface area contributed by atoms with Gasteiger partial charge in [0.15, 0.2) is 0 Å². The van der Waals surface area contributed by atoms with Gasteiger partial charge in [0, 0.05) is 18.6 Å². The van der Waals surface area contributed by atoms with E-state index in [1.807, 2.05) is 31.2 Å². The Balaban J connectivity index is 1.67. The molecule has 2 heterocycles. The number of hydrogen-bond donors (Lipinski definition) is 1. The molecule has 1 saturated heterocycles. The van der Waals surface area contributed by atoms with E-state index < -0.39 is 5.60 Å². The second-order valence-electron chi connectivity index (χ2n) is 5.63. The van der Waals surface area contributed by atoms with Gasteiger partial charge in [-0.15, -0.1) is 10.2 Å². The number of para-hydroxylation sites is 1. The minimum Gasteiger partial charge on any atom is -0.496 e. The first-order chi connectivity index (χ1) is 11.1. The number of amides is 1. The maximum Gasteiger partial charge on any atom is 0.258 e. The molecular weight excluding hydrogens is 314 g/mol. The zero-order valence-electron chi connectivity index (χ0n) is 13.2. The van der Waals surface area contributed by atoms with Gasteiger partial charge >= 0.3 is 0 Å². The SMILES string of the molecule is COc1ccccc1Cc1nnc(NC(=O)C2(C)CCCO2)s1. The molecule has 1 aliphatic rings. The highest BCUT2D eigenvalue weighted by Gasteiger charge is 2.38. The molecule has 1 unspecified atom stereocenters. The van der Waals surface area contributed by atoms with Crippen LogP contribution in [0.2, 0.25) is 0 Å². The Morgan fingerprint density at radius 3 is 3.00 bits per heavy atom. The van der Waals surface area contributed by atoms with Crippen molar-refractivity contribution in [2.75, 3.05) is 19.0 Å². The molecule has 1 aromatic carbocycles. The molecule has 1 aromatic heterocycles. The summed E-state index contributed by atoms with van der Waals surface area (Å²) in [6.07, 6.45) is 2.25. The van der Waals surface area contributed by atoms with Crippen LogP contribution >= 0.6 is 11.3 Å². The summed E-state index contributed by atoms with van der Waals surface area (Å²) >= 11 is 1.37. The Labute approximate surface area is 138 Å². The van der Waals surface area contributed by atoms with Gasteiger partial charge in [0.25, 0.3) is 5.91 Å². The van der Waals surface area contributed by atoms with E-state index in [-0.39, 0.29) is 5.91 Å². The summed E-state index contributed by atoms with van der Waals surface area (Å²) in [6.45, 7) is 2.44. The van der Waals surface area contributed by atoms with Crippen molar-refractivity contribution >= 4 is 22.4 Å². The number of nitrogens with one attached hydrogen (secondary N) is 1. The van der Waals surface area contributed by atoms with Crippen molar-refractivity contribution in [3.63, 3.8) is 0 Å². The van der Waals surface area contributed by atoms with Crippen LogP contribution in [-0.2, 0) is 16.0 Å². The van der Waals surface area contributed by atoms with Gasteiger partial charge in [-0.25, -0.2) is 0 Å². The van der Waals surface area contributed by atoms with E-state index in [4.69, 9.17) is 9.47 Å². The van der Waals surface area contributed by atoms with E-state index in [1.54, 1.807) is 7.11 Å². The summed E-state index contributed by atoms with van der Waals surface area (Å²) < 4.78 is 10.9. The normalized spacial score (nSPS) is 20.4. The molecule has 1 N–H and O–H groups in total. The standard InChI is InChI=1S/C16H19N3O3S/c1-16(8-5-9-22-16)14(20)17-15-19-18-13(23-15)10-11-6-3-4-7-12(11)21-2/h3-4,6-7H,5,8-10H2,1-2H3,(H,17,19,20). The number of ether oxygens (including phenoxy) is 2. The monoisotopic (exact) mass is 333 g/mol. The maximum atomic E-state index is 12.3. The largest absolute Gasteiger partial charge is 0.496 e. The molecule has 1 amide bonds. The van der Waals surface area contributed by atoms with E-state index in [0.29, 0.717) is 18.2 Å². The van der Waals surface area contributed by atoms with Crippen LogP contribution < -0.4 is 10.1 Å². The fourth-order valence-corrected chi connectivity index (χ4v) is 3.33. The molecule has 0 radical (unpaired) electrons. The fraction of sp³-hybridized carbons (Fsp3) is 0.438. The summed E-state index contributed by atoms with van der Waals surface area (Å²) in [5.41, 5.74) is 0.282. The Morgan fingerprint density at radius 2 is 2.26 bits per heavy atom. The quantitative estimate of drug-likeness (QED) is 0.910. The first-order valence-electron chi connectivity index (χ1n) is 7.50. The number of methoxy groups -OCH3 is 1. The molecule has 1 atom stereocenters. The number of aromatic nitrogens is 2. The average Bonchev–Trinajstić information content (AvgIpc) is 3.18. The highest BCUT2D eigenvalue weighted by atomic mass is 32.1. The van der Waals surface area contributed by atoms with Gasteiger partial charge < -0.3 is 9.47 Å². The lowest BCUT2D eigenvalue weighted by atomic mass is 10.0. The van der Waals surface area contributed by atoms with E-state index in [9.17, 15) is 4.79 Å². The van der Waals surface area contributed by atoms with Gasteiger partial charge in [0.2, 0.25) is 5.13 Å². The highest BCUT2D eigenvalue weighted by molar-refractivity contribution is 7.15. The van der Waals surface area contributed by atoms with E-state index >= 15 is 0 Å². The van der Waals surface area contributed by atoms with Crippen LogP contribution in [0.3, 0.4) is 0 Å². The van der Waals surface area contributed by atoms with Crippen molar-refractivity contribution in [2.24, 2.45) is 0 Å². The van der Waals surface area contributed by atoms with Gasteiger partial charge in [-0.05, 0) is 25.8 Å². The number of hydrogen-bond acceptors (Lipinski definition) is 6. The van der Waals surface area contributed by atoms with Crippen LogP contribution in [0.25, 0.3) is 0 Å². The molecule has 1 aliphatic heterocycles. The lowest BCUT2D eigenvalue weighted by Crippen LogP contribution is -2.39. The molecule has 2 aromatic rings. The third-order valence-corrected chi connectivity index (χ3v) is 4.76. The lowest BCUT2D eigenvalue weighted by molar-refractivity contribution is -0.133. The first kappa shape index (κ1) is 15.9. The second-order valence-corrected chi connectivity index (χ2v) is 6.69. The van der Waals surface area contributed by atoms with Crippen molar-refractivity contribution in [3.8, 4) is 5.75 Å². The Hall–Kier alpha value is -1.99. The van der Waals surface area contributed by atoms with Crippen LogP contribution in [0.4, 0.5) is 5.13 Å². The van der Waals surface area contributed by atoms with Crippen LogP contribution in [0, 0.1) is 0 Å². The van der Waals surface area contributed by atoms with Crippen LogP contribution in [0.15, 0.2) is 24.3 Å². The summed E-state index contributed by atoms with van der Waals surface area (Å²) in [7, 11) is 1.65. The minimum atomic E-state index is -0.755. The summed E-state index contributed by atoms with van der Waals surface area (Å²) in [6, 6.07) is 7.79. The number of benzene rings is 1. The summed E-state index contributed by atoms with van der Waals surface area (Å²) in [5.74, 6) is 0.662. The van der Waals surface area contributed by atoms with Crippen LogP contribution in [0.5, 0.6) is 5.75 Å². The Kier molecular flexibility index (Phi) is 4.58. The van der Waals surface area contributed by atoms with Gasteiger partial charge in [0.05, 0.1) is 7.11 Å². The molecule has 6 nitrogen and oxygen atoms in total. The molecular formula is C16H19N3O3S. The van der Waals surface area contributed by atoms with Gasteiger partial charge in [-0.2, -0.15) is 0 Å². The predicted octanol–water partition coefficient (Wildman–Crippen LogP) is 2.65. The molecule has 3 rings (SSSR count). The van der Waals surface area contributed by atoms with E-state index in [2.05, 4.69) is 15.5 Å². The summed E-state index contributed by atoms with van der Waals surface area (Å²) in [4.78, 5) is 12.3. The molecule has 0 bridgehead atoms. The molecule has 1 fully saturated rings. The van der Waals surface area contributed by atoms with E-state index in [0.717, 1.165) is 29.2 Å². The van der Waals surface area contributed by atoms with Crippen molar-refractivity contribution in [2.45, 2.75) is 31.8 Å². The van der Waals surface area contributed by atoms with Crippen LogP contribution in [0.1, 0.15) is 30.3 Å². The molecule has 0 spiro atoms. The number of anilines is 1. The number of rotatable bonds is 5. The molecule has 122 valence electrons. The first-order valence-corrected chi connectivity index (χ1v) is 8.32. The zero-order chi connectivity index (χ0) is 16.3. The summed E-state index contributed by atoms with van der Waals surface area (Å²) in [5, 5.41) is 12.3. The fourth-order valence-electron chi connectivity index (χ4n) is 2.57. The third kappa shape index (κ3) is 3.51. The second kappa shape index (κ2) is 6.64. The van der Waals surface area contributed by atoms with E-state index in [1.165, 1.54) is 11.3 Å². The number of carbonyl (C=O) groups is 1. The zero-order valence-corrected chi connectivity index (χ0v) is 14.0. The topological polar surface area (TPSA) is 73.3 Å². The van der Waals surface area contributed by atoms with Crippen molar-refractivity contribution < 1.29 is 14.3 Å². The predicted molar refractivity (Wildman–Crippen MR) is 87.9 cm³/mol.